The van der Waals surface area contributed by atoms with Crippen molar-refractivity contribution in [1.29, 1.82) is 0 Å². The first kappa shape index (κ1) is 15.4. The molecule has 21 heavy (non-hydrogen) atoms. The zero-order valence-electron chi connectivity index (χ0n) is 12.1. The molecule has 3 nitrogen and oxygen atoms in total. The Labute approximate surface area is 129 Å². The van der Waals surface area contributed by atoms with Gasteiger partial charge in [-0.2, -0.15) is 0 Å². The van der Waals surface area contributed by atoms with Gasteiger partial charge in [0, 0.05) is 10.6 Å². The summed E-state index contributed by atoms with van der Waals surface area (Å²) in [6.07, 6.45) is 0.842. The molecule has 0 amide bonds. The molecular formula is C17H17ClO3. The van der Waals surface area contributed by atoms with E-state index < -0.39 is 0 Å². The molecule has 2 aromatic rings. The Morgan fingerprint density at radius 2 is 1.90 bits per heavy atom. The molecule has 0 aliphatic rings. The van der Waals surface area contributed by atoms with E-state index in [4.69, 9.17) is 21.1 Å². The van der Waals surface area contributed by atoms with Gasteiger partial charge in [0.25, 0.3) is 0 Å². The molecule has 2 rings (SSSR count). The van der Waals surface area contributed by atoms with Crippen molar-refractivity contribution in [2.24, 2.45) is 0 Å². The number of halogens is 1. The maximum atomic E-state index is 11.7. The van der Waals surface area contributed by atoms with Crippen molar-refractivity contribution in [1.82, 2.24) is 0 Å². The number of hydrogen-bond acceptors (Lipinski definition) is 3. The first-order chi connectivity index (χ1) is 10.2. The van der Waals surface area contributed by atoms with Gasteiger partial charge >= 0.3 is 5.97 Å². The lowest BCUT2D eigenvalue weighted by atomic mass is 10.1. The fourth-order valence-electron chi connectivity index (χ4n) is 2.03. The smallest absolute Gasteiger partial charge is 0.338 e. The molecule has 2 aromatic carbocycles. The number of methoxy groups -OCH3 is 1. The van der Waals surface area contributed by atoms with Gasteiger partial charge in [-0.3, -0.25) is 0 Å². The molecule has 0 fully saturated rings. The van der Waals surface area contributed by atoms with E-state index in [9.17, 15) is 4.79 Å². The molecule has 0 atom stereocenters. The maximum Gasteiger partial charge on any atom is 0.338 e. The number of carbonyl (C=O) groups is 1. The van der Waals surface area contributed by atoms with Gasteiger partial charge in [-0.1, -0.05) is 36.7 Å². The van der Waals surface area contributed by atoms with Crippen LogP contribution in [0.3, 0.4) is 0 Å². The molecule has 0 heterocycles. The molecule has 0 aromatic heterocycles. The van der Waals surface area contributed by atoms with E-state index in [2.05, 4.69) is 0 Å². The zero-order chi connectivity index (χ0) is 15.2. The zero-order valence-corrected chi connectivity index (χ0v) is 12.8. The van der Waals surface area contributed by atoms with E-state index in [1.807, 2.05) is 37.3 Å². The highest BCUT2D eigenvalue weighted by atomic mass is 35.5. The van der Waals surface area contributed by atoms with Crippen LogP contribution in [0.15, 0.2) is 42.5 Å². The number of esters is 1. The number of aryl methyl sites for hydroxylation is 1. The van der Waals surface area contributed by atoms with Gasteiger partial charge in [0.05, 0.1) is 12.7 Å². The van der Waals surface area contributed by atoms with Gasteiger partial charge in [-0.15, -0.1) is 0 Å². The lowest BCUT2D eigenvalue weighted by Crippen LogP contribution is -2.07. The molecule has 0 spiro atoms. The Hall–Kier alpha value is -2.00. The molecular weight excluding hydrogens is 288 g/mol. The second kappa shape index (κ2) is 7.14. The van der Waals surface area contributed by atoms with Crippen molar-refractivity contribution in [2.45, 2.75) is 20.0 Å². The average Bonchev–Trinajstić information content (AvgIpc) is 2.53. The predicted octanol–water partition coefficient (Wildman–Crippen LogP) is 4.27. The van der Waals surface area contributed by atoms with Crippen LogP contribution in [0.4, 0.5) is 0 Å². The minimum absolute atomic E-state index is 0.302. The van der Waals surface area contributed by atoms with Crippen LogP contribution in [0.1, 0.15) is 28.4 Å². The molecule has 0 saturated heterocycles. The van der Waals surface area contributed by atoms with Crippen LogP contribution in [-0.4, -0.2) is 13.1 Å². The van der Waals surface area contributed by atoms with Crippen molar-refractivity contribution in [3.8, 4) is 5.75 Å². The molecule has 0 aliphatic heterocycles. The average molecular weight is 305 g/mol. The van der Waals surface area contributed by atoms with Crippen LogP contribution < -0.4 is 4.74 Å². The number of rotatable bonds is 5. The van der Waals surface area contributed by atoms with Crippen molar-refractivity contribution >= 4 is 17.6 Å². The van der Waals surface area contributed by atoms with Crippen LogP contribution in [0.2, 0.25) is 5.02 Å². The molecule has 0 bridgehead atoms. The van der Waals surface area contributed by atoms with E-state index >= 15 is 0 Å². The van der Waals surface area contributed by atoms with E-state index in [0.29, 0.717) is 12.2 Å². The van der Waals surface area contributed by atoms with Gasteiger partial charge in [0.15, 0.2) is 0 Å². The molecule has 0 unspecified atom stereocenters. The van der Waals surface area contributed by atoms with Crippen LogP contribution in [-0.2, 0) is 17.8 Å². The summed E-state index contributed by atoms with van der Waals surface area (Å²) in [5.41, 5.74) is 2.34. The number of benzene rings is 2. The maximum absolute atomic E-state index is 11.7. The van der Waals surface area contributed by atoms with E-state index in [-0.39, 0.29) is 5.97 Å². The van der Waals surface area contributed by atoms with Gasteiger partial charge in [0.1, 0.15) is 12.4 Å². The summed E-state index contributed by atoms with van der Waals surface area (Å²) in [6, 6.07) is 12.8. The molecule has 110 valence electrons. The highest BCUT2D eigenvalue weighted by Gasteiger charge is 2.11. The SMILES string of the molecule is CCc1cc(OCc2ccccc2C(=O)OC)ccc1Cl. The lowest BCUT2D eigenvalue weighted by Gasteiger charge is -2.11. The van der Waals surface area contributed by atoms with E-state index in [0.717, 1.165) is 28.3 Å². The van der Waals surface area contributed by atoms with Crippen LogP contribution in [0.5, 0.6) is 5.75 Å². The molecule has 4 heteroatoms. The number of carbonyl (C=O) groups excluding carboxylic acids is 1. The quantitative estimate of drug-likeness (QED) is 0.774. The number of hydrogen-bond donors (Lipinski definition) is 0. The Morgan fingerprint density at radius 3 is 2.62 bits per heavy atom. The summed E-state index contributed by atoms with van der Waals surface area (Å²) in [5, 5.41) is 0.736. The van der Waals surface area contributed by atoms with Gasteiger partial charge < -0.3 is 9.47 Å². The Balaban J connectivity index is 2.15. The summed E-state index contributed by atoms with van der Waals surface area (Å²) in [4.78, 5) is 11.7. The lowest BCUT2D eigenvalue weighted by molar-refractivity contribution is 0.0597. The highest BCUT2D eigenvalue weighted by Crippen LogP contribution is 2.23. The van der Waals surface area contributed by atoms with E-state index in [1.165, 1.54) is 7.11 Å². The van der Waals surface area contributed by atoms with E-state index in [1.54, 1.807) is 12.1 Å². The first-order valence-corrected chi connectivity index (χ1v) is 7.11. The van der Waals surface area contributed by atoms with Gasteiger partial charge in [-0.05, 0) is 36.2 Å². The van der Waals surface area contributed by atoms with Crippen molar-refractivity contribution in [3.05, 3.63) is 64.2 Å². The Bertz CT molecular complexity index is 638. The third kappa shape index (κ3) is 3.76. The molecule has 0 aliphatic carbocycles. The van der Waals surface area contributed by atoms with Crippen molar-refractivity contribution in [3.63, 3.8) is 0 Å². The first-order valence-electron chi connectivity index (χ1n) is 6.73. The fourth-order valence-corrected chi connectivity index (χ4v) is 2.28. The summed E-state index contributed by atoms with van der Waals surface area (Å²) in [7, 11) is 1.37. The molecule has 0 radical (unpaired) electrons. The molecule has 0 N–H and O–H groups in total. The second-order valence-electron chi connectivity index (χ2n) is 4.54. The second-order valence-corrected chi connectivity index (χ2v) is 4.95. The van der Waals surface area contributed by atoms with Crippen LogP contribution in [0.25, 0.3) is 0 Å². The minimum Gasteiger partial charge on any atom is -0.489 e. The normalized spacial score (nSPS) is 10.2. The Morgan fingerprint density at radius 1 is 1.14 bits per heavy atom. The molecule has 0 saturated carbocycles. The van der Waals surface area contributed by atoms with Crippen LogP contribution in [0, 0.1) is 0 Å². The third-order valence-electron chi connectivity index (χ3n) is 3.22. The fraction of sp³-hybridized carbons (Fsp3) is 0.235. The summed E-state index contributed by atoms with van der Waals surface area (Å²) in [5.74, 6) is 0.371. The van der Waals surface area contributed by atoms with Crippen LogP contribution >= 0.6 is 11.6 Å². The van der Waals surface area contributed by atoms with Crippen molar-refractivity contribution < 1.29 is 14.3 Å². The van der Waals surface area contributed by atoms with Crippen molar-refractivity contribution in [2.75, 3.05) is 7.11 Å². The summed E-state index contributed by atoms with van der Waals surface area (Å²) < 4.78 is 10.5. The number of ether oxygens (including phenoxy) is 2. The standard InChI is InChI=1S/C17H17ClO3/c1-3-12-10-14(8-9-16(12)18)21-11-13-6-4-5-7-15(13)17(19)20-2/h4-10H,3,11H2,1-2H3. The third-order valence-corrected chi connectivity index (χ3v) is 3.58. The monoisotopic (exact) mass is 304 g/mol. The minimum atomic E-state index is -0.362. The topological polar surface area (TPSA) is 35.5 Å². The largest absolute Gasteiger partial charge is 0.489 e. The van der Waals surface area contributed by atoms with Gasteiger partial charge in [0.2, 0.25) is 0 Å². The highest BCUT2D eigenvalue weighted by molar-refractivity contribution is 6.31. The summed E-state index contributed by atoms with van der Waals surface area (Å²) in [6.45, 7) is 2.34. The van der Waals surface area contributed by atoms with Gasteiger partial charge in [-0.25, -0.2) is 4.79 Å². The summed E-state index contributed by atoms with van der Waals surface area (Å²) >= 11 is 6.08. The Kier molecular flexibility index (Phi) is 5.23. The predicted molar refractivity (Wildman–Crippen MR) is 82.9 cm³/mol.